The van der Waals surface area contributed by atoms with Crippen molar-refractivity contribution in [2.75, 3.05) is 20.3 Å². The van der Waals surface area contributed by atoms with E-state index in [4.69, 9.17) is 15.2 Å². The van der Waals surface area contributed by atoms with Gasteiger partial charge in [0.2, 0.25) is 5.91 Å². The van der Waals surface area contributed by atoms with Gasteiger partial charge in [-0.15, -0.1) is 12.4 Å². The van der Waals surface area contributed by atoms with Crippen LogP contribution in [0, 0.1) is 0 Å². The van der Waals surface area contributed by atoms with E-state index in [-0.39, 0.29) is 24.4 Å². The number of nitrogens with two attached hydrogens (primary N) is 1. The molecule has 5 nitrogen and oxygen atoms in total. The van der Waals surface area contributed by atoms with E-state index in [2.05, 4.69) is 5.32 Å². The van der Waals surface area contributed by atoms with Crippen molar-refractivity contribution < 1.29 is 14.3 Å². The minimum atomic E-state index is 0. The molecule has 0 heterocycles. The highest BCUT2D eigenvalue weighted by Gasteiger charge is 2.05. The number of rotatable bonds is 8. The molecule has 0 spiro atoms. The summed E-state index contributed by atoms with van der Waals surface area (Å²) >= 11 is 0. The molecular formula is C14H23ClN2O3. The maximum absolute atomic E-state index is 11.5. The third kappa shape index (κ3) is 7.21. The number of ether oxygens (including phenoxy) is 2. The Morgan fingerprint density at radius 2 is 1.90 bits per heavy atom. The van der Waals surface area contributed by atoms with Crippen molar-refractivity contribution in [1.29, 1.82) is 0 Å². The monoisotopic (exact) mass is 302 g/mol. The molecule has 0 aromatic heterocycles. The second-order valence-corrected chi connectivity index (χ2v) is 4.33. The van der Waals surface area contributed by atoms with E-state index >= 15 is 0 Å². The third-order valence-electron chi connectivity index (χ3n) is 2.64. The van der Waals surface area contributed by atoms with Gasteiger partial charge in [0.15, 0.2) is 0 Å². The fourth-order valence-electron chi connectivity index (χ4n) is 1.50. The summed E-state index contributed by atoms with van der Waals surface area (Å²) in [5.74, 6) is 1.58. The first-order valence-electron chi connectivity index (χ1n) is 6.42. The van der Waals surface area contributed by atoms with Gasteiger partial charge >= 0.3 is 0 Å². The maximum Gasteiger partial charge on any atom is 0.220 e. The summed E-state index contributed by atoms with van der Waals surface area (Å²) in [5.41, 5.74) is 5.43. The summed E-state index contributed by atoms with van der Waals surface area (Å²) < 4.78 is 10.6. The third-order valence-corrected chi connectivity index (χ3v) is 2.64. The van der Waals surface area contributed by atoms with E-state index < -0.39 is 0 Å². The molecule has 0 saturated carbocycles. The fraction of sp³-hybridized carbons (Fsp3) is 0.500. The Kier molecular flexibility index (Phi) is 9.59. The molecule has 20 heavy (non-hydrogen) atoms. The summed E-state index contributed by atoms with van der Waals surface area (Å²) in [5, 5.41) is 2.81. The molecule has 0 aliphatic rings. The van der Waals surface area contributed by atoms with Crippen molar-refractivity contribution in [1.82, 2.24) is 5.32 Å². The van der Waals surface area contributed by atoms with Gasteiger partial charge in [0.1, 0.15) is 11.5 Å². The van der Waals surface area contributed by atoms with Crippen LogP contribution < -0.4 is 20.5 Å². The van der Waals surface area contributed by atoms with Crippen LogP contribution in [0.3, 0.4) is 0 Å². The van der Waals surface area contributed by atoms with E-state index in [1.807, 2.05) is 31.2 Å². The molecule has 0 aliphatic carbocycles. The number of amides is 1. The lowest BCUT2D eigenvalue weighted by Crippen LogP contribution is -2.37. The van der Waals surface area contributed by atoms with Crippen LogP contribution in [-0.4, -0.2) is 32.2 Å². The Morgan fingerprint density at radius 3 is 2.45 bits per heavy atom. The first-order chi connectivity index (χ1) is 9.15. The van der Waals surface area contributed by atoms with Crippen molar-refractivity contribution in [3.8, 4) is 11.5 Å². The highest BCUT2D eigenvalue weighted by atomic mass is 35.5. The molecule has 1 aromatic rings. The van der Waals surface area contributed by atoms with Crippen LogP contribution in [0.25, 0.3) is 0 Å². The molecule has 3 N–H and O–H groups in total. The van der Waals surface area contributed by atoms with Gasteiger partial charge in [0, 0.05) is 19.0 Å². The SMILES string of the molecule is COc1ccc(OCCCC(=O)N[C@@H](C)CN)cc1.Cl. The van der Waals surface area contributed by atoms with Crippen molar-refractivity contribution in [3.05, 3.63) is 24.3 Å². The van der Waals surface area contributed by atoms with Crippen molar-refractivity contribution in [2.24, 2.45) is 5.73 Å². The van der Waals surface area contributed by atoms with E-state index in [0.717, 1.165) is 11.5 Å². The van der Waals surface area contributed by atoms with Gasteiger partial charge in [0.25, 0.3) is 0 Å². The van der Waals surface area contributed by atoms with Gasteiger partial charge in [-0.25, -0.2) is 0 Å². The summed E-state index contributed by atoms with van der Waals surface area (Å²) in [7, 11) is 1.62. The van der Waals surface area contributed by atoms with Crippen molar-refractivity contribution >= 4 is 18.3 Å². The maximum atomic E-state index is 11.5. The van der Waals surface area contributed by atoms with Crippen LogP contribution in [0.5, 0.6) is 11.5 Å². The predicted octanol–water partition coefficient (Wildman–Crippen LogP) is 1.74. The average Bonchev–Trinajstić information content (AvgIpc) is 2.44. The lowest BCUT2D eigenvalue weighted by molar-refractivity contribution is -0.121. The molecule has 6 heteroatoms. The number of nitrogens with one attached hydrogen (secondary N) is 1. The molecule has 0 unspecified atom stereocenters. The van der Waals surface area contributed by atoms with Crippen LogP contribution in [0.15, 0.2) is 24.3 Å². The average molecular weight is 303 g/mol. The molecule has 0 bridgehead atoms. The van der Waals surface area contributed by atoms with Crippen LogP contribution in [-0.2, 0) is 4.79 Å². The number of carbonyl (C=O) groups excluding carboxylic acids is 1. The normalized spacial score (nSPS) is 11.2. The number of hydrogen-bond donors (Lipinski definition) is 2. The molecule has 0 fully saturated rings. The lowest BCUT2D eigenvalue weighted by atomic mass is 10.2. The Hall–Kier alpha value is -1.46. The highest BCUT2D eigenvalue weighted by Crippen LogP contribution is 2.17. The largest absolute Gasteiger partial charge is 0.497 e. The van der Waals surface area contributed by atoms with Gasteiger partial charge in [-0.05, 0) is 37.6 Å². The molecule has 0 radical (unpaired) electrons. The summed E-state index contributed by atoms with van der Waals surface area (Å²) in [6.07, 6.45) is 1.12. The zero-order chi connectivity index (χ0) is 14.1. The van der Waals surface area contributed by atoms with Gasteiger partial charge in [-0.3, -0.25) is 4.79 Å². The van der Waals surface area contributed by atoms with Crippen molar-refractivity contribution in [2.45, 2.75) is 25.8 Å². The van der Waals surface area contributed by atoms with Gasteiger partial charge < -0.3 is 20.5 Å². The quantitative estimate of drug-likeness (QED) is 0.717. The van der Waals surface area contributed by atoms with Gasteiger partial charge in [-0.2, -0.15) is 0 Å². The Bertz CT molecular complexity index is 385. The molecule has 1 amide bonds. The minimum absolute atomic E-state index is 0. The standard InChI is InChI=1S/C14H22N2O3.ClH/c1-11(10-15)16-14(17)4-3-9-19-13-7-5-12(18-2)6-8-13;/h5-8,11H,3-4,9-10,15H2,1-2H3,(H,16,17);1H/t11-;/m0./s1. The molecule has 114 valence electrons. The van der Waals surface area contributed by atoms with E-state index in [0.29, 0.717) is 26.0 Å². The first kappa shape index (κ1) is 18.5. The first-order valence-corrected chi connectivity index (χ1v) is 6.42. The number of benzene rings is 1. The Balaban J connectivity index is 0.00000361. The van der Waals surface area contributed by atoms with Crippen LogP contribution in [0.1, 0.15) is 19.8 Å². The van der Waals surface area contributed by atoms with Gasteiger partial charge in [0.05, 0.1) is 13.7 Å². The Labute approximate surface area is 126 Å². The number of carbonyl (C=O) groups is 1. The molecule has 1 rings (SSSR count). The van der Waals surface area contributed by atoms with Crippen LogP contribution in [0.2, 0.25) is 0 Å². The van der Waals surface area contributed by atoms with E-state index in [9.17, 15) is 4.79 Å². The predicted molar refractivity (Wildman–Crippen MR) is 81.6 cm³/mol. The second-order valence-electron chi connectivity index (χ2n) is 4.33. The number of methoxy groups -OCH3 is 1. The zero-order valence-electron chi connectivity index (χ0n) is 11.9. The molecule has 0 saturated heterocycles. The van der Waals surface area contributed by atoms with E-state index in [1.165, 1.54) is 0 Å². The van der Waals surface area contributed by atoms with E-state index in [1.54, 1.807) is 7.11 Å². The number of halogens is 1. The fourth-order valence-corrected chi connectivity index (χ4v) is 1.50. The van der Waals surface area contributed by atoms with Crippen molar-refractivity contribution in [3.63, 3.8) is 0 Å². The molecule has 0 aliphatic heterocycles. The van der Waals surface area contributed by atoms with Crippen LogP contribution >= 0.6 is 12.4 Å². The molecule has 1 atom stereocenters. The van der Waals surface area contributed by atoms with Crippen LogP contribution in [0.4, 0.5) is 0 Å². The summed E-state index contributed by atoms with van der Waals surface area (Å²) in [4.78, 5) is 11.5. The smallest absolute Gasteiger partial charge is 0.220 e. The topological polar surface area (TPSA) is 73.6 Å². The highest BCUT2D eigenvalue weighted by molar-refractivity contribution is 5.85. The number of hydrogen-bond acceptors (Lipinski definition) is 4. The lowest BCUT2D eigenvalue weighted by Gasteiger charge is -2.11. The van der Waals surface area contributed by atoms with Gasteiger partial charge in [-0.1, -0.05) is 0 Å². The Morgan fingerprint density at radius 1 is 1.30 bits per heavy atom. The summed E-state index contributed by atoms with van der Waals surface area (Å²) in [6, 6.07) is 7.39. The molecular weight excluding hydrogens is 280 g/mol. The minimum Gasteiger partial charge on any atom is -0.497 e. The zero-order valence-corrected chi connectivity index (χ0v) is 12.7. The second kappa shape index (κ2) is 10.3. The molecule has 1 aromatic carbocycles. The summed E-state index contributed by atoms with van der Waals surface area (Å²) in [6.45, 7) is 2.84.